The van der Waals surface area contributed by atoms with Gasteiger partial charge < -0.3 is 10.6 Å². The van der Waals surface area contributed by atoms with Crippen LogP contribution in [-0.4, -0.2) is 44.7 Å². The number of anilines is 1. The van der Waals surface area contributed by atoms with Crippen molar-refractivity contribution >= 4 is 11.5 Å². The van der Waals surface area contributed by atoms with Crippen LogP contribution in [0.4, 0.5) is 5.82 Å². The first-order valence-corrected chi connectivity index (χ1v) is 5.34. The summed E-state index contributed by atoms with van der Waals surface area (Å²) in [6.45, 7) is 4.52. The molecule has 0 aliphatic heterocycles. The Labute approximate surface area is 93.3 Å². The minimum atomic E-state index is 0.656. The van der Waals surface area contributed by atoms with Crippen LogP contribution in [0.15, 0.2) is 12.4 Å². The first kappa shape index (κ1) is 10.7. The molecule has 2 N–H and O–H groups in total. The molecular formula is C9H15N7. The van der Waals surface area contributed by atoms with E-state index in [0.717, 1.165) is 25.3 Å². The van der Waals surface area contributed by atoms with Crippen molar-refractivity contribution in [2.24, 2.45) is 5.73 Å². The zero-order valence-electron chi connectivity index (χ0n) is 9.24. The SMILES string of the molecule is CCN(CCCN)c1cncc2nnnn12. The van der Waals surface area contributed by atoms with E-state index in [2.05, 4.69) is 32.3 Å². The Morgan fingerprint density at radius 1 is 1.44 bits per heavy atom. The van der Waals surface area contributed by atoms with Crippen molar-refractivity contribution in [2.45, 2.75) is 13.3 Å². The van der Waals surface area contributed by atoms with Crippen LogP contribution in [0.25, 0.3) is 5.65 Å². The Hall–Kier alpha value is -1.76. The topological polar surface area (TPSA) is 85.2 Å². The minimum absolute atomic E-state index is 0.656. The first-order valence-electron chi connectivity index (χ1n) is 5.34. The fourth-order valence-corrected chi connectivity index (χ4v) is 1.60. The average molecular weight is 221 g/mol. The first-order chi connectivity index (χ1) is 7.86. The zero-order valence-corrected chi connectivity index (χ0v) is 9.24. The van der Waals surface area contributed by atoms with Gasteiger partial charge in [0.05, 0.1) is 12.4 Å². The van der Waals surface area contributed by atoms with Crippen molar-refractivity contribution in [1.29, 1.82) is 0 Å². The van der Waals surface area contributed by atoms with Crippen LogP contribution >= 0.6 is 0 Å². The highest BCUT2D eigenvalue weighted by molar-refractivity contribution is 5.45. The highest BCUT2D eigenvalue weighted by atomic mass is 15.5. The molecule has 0 saturated carbocycles. The number of rotatable bonds is 5. The van der Waals surface area contributed by atoms with Gasteiger partial charge in [-0.15, -0.1) is 5.10 Å². The van der Waals surface area contributed by atoms with Gasteiger partial charge in [-0.2, -0.15) is 4.52 Å². The third kappa shape index (κ3) is 1.94. The molecule has 7 nitrogen and oxygen atoms in total. The minimum Gasteiger partial charge on any atom is -0.355 e. The predicted molar refractivity (Wildman–Crippen MR) is 60.1 cm³/mol. The van der Waals surface area contributed by atoms with E-state index in [-0.39, 0.29) is 0 Å². The number of hydrogen-bond donors (Lipinski definition) is 1. The fourth-order valence-electron chi connectivity index (χ4n) is 1.60. The normalized spacial score (nSPS) is 10.9. The highest BCUT2D eigenvalue weighted by Gasteiger charge is 2.10. The standard InChI is InChI=1S/C9H15N7/c1-2-15(5-3-4-10)9-7-11-6-8-12-13-14-16(8)9/h6-7H,2-5,10H2,1H3. The quantitative estimate of drug-likeness (QED) is 0.745. The Kier molecular flexibility index (Phi) is 3.25. The van der Waals surface area contributed by atoms with Gasteiger partial charge in [0.1, 0.15) is 0 Å². The maximum Gasteiger partial charge on any atom is 0.199 e. The van der Waals surface area contributed by atoms with Gasteiger partial charge in [0.2, 0.25) is 0 Å². The molecule has 2 aromatic heterocycles. The fraction of sp³-hybridized carbons (Fsp3) is 0.556. The Morgan fingerprint density at radius 2 is 2.31 bits per heavy atom. The lowest BCUT2D eigenvalue weighted by atomic mass is 10.3. The lowest BCUT2D eigenvalue weighted by Gasteiger charge is -2.21. The van der Waals surface area contributed by atoms with E-state index in [4.69, 9.17) is 5.73 Å². The van der Waals surface area contributed by atoms with Crippen LogP contribution in [0.5, 0.6) is 0 Å². The molecule has 16 heavy (non-hydrogen) atoms. The summed E-state index contributed by atoms with van der Waals surface area (Å²) in [5.74, 6) is 0.901. The van der Waals surface area contributed by atoms with E-state index in [0.29, 0.717) is 12.2 Å². The summed E-state index contributed by atoms with van der Waals surface area (Å²) in [5, 5.41) is 11.4. The van der Waals surface area contributed by atoms with E-state index in [1.54, 1.807) is 16.9 Å². The second-order valence-electron chi connectivity index (χ2n) is 3.44. The monoisotopic (exact) mass is 221 g/mol. The largest absolute Gasteiger partial charge is 0.355 e. The molecule has 0 aliphatic rings. The summed E-state index contributed by atoms with van der Waals surface area (Å²) in [6.07, 6.45) is 4.34. The molecule has 0 saturated heterocycles. The second-order valence-corrected chi connectivity index (χ2v) is 3.44. The molecule has 0 atom stereocenters. The van der Waals surface area contributed by atoms with Gasteiger partial charge >= 0.3 is 0 Å². The lowest BCUT2D eigenvalue weighted by molar-refractivity contribution is 0.715. The Bertz CT molecular complexity index is 452. The van der Waals surface area contributed by atoms with Crippen LogP contribution in [0.2, 0.25) is 0 Å². The summed E-state index contributed by atoms with van der Waals surface area (Å²) in [7, 11) is 0. The zero-order chi connectivity index (χ0) is 11.4. The van der Waals surface area contributed by atoms with E-state index in [1.165, 1.54) is 0 Å². The van der Waals surface area contributed by atoms with E-state index in [9.17, 15) is 0 Å². The summed E-state index contributed by atoms with van der Waals surface area (Å²) >= 11 is 0. The van der Waals surface area contributed by atoms with Gasteiger partial charge in [0, 0.05) is 13.1 Å². The molecule has 0 spiro atoms. The van der Waals surface area contributed by atoms with E-state index in [1.807, 2.05) is 0 Å². The molecule has 0 amide bonds. The summed E-state index contributed by atoms with van der Waals surface area (Å²) in [6, 6.07) is 0. The van der Waals surface area contributed by atoms with E-state index >= 15 is 0 Å². The maximum absolute atomic E-state index is 5.51. The summed E-state index contributed by atoms with van der Waals surface area (Å²) < 4.78 is 1.69. The van der Waals surface area contributed by atoms with Crippen molar-refractivity contribution < 1.29 is 0 Å². The van der Waals surface area contributed by atoms with Crippen LogP contribution in [0, 0.1) is 0 Å². The average Bonchev–Trinajstić information content (AvgIpc) is 2.78. The second kappa shape index (κ2) is 4.84. The van der Waals surface area contributed by atoms with Gasteiger partial charge in [-0.3, -0.25) is 4.98 Å². The number of aromatic nitrogens is 5. The van der Waals surface area contributed by atoms with Gasteiger partial charge in [-0.25, -0.2) is 0 Å². The highest BCUT2D eigenvalue weighted by Crippen LogP contribution is 2.12. The van der Waals surface area contributed by atoms with Gasteiger partial charge in [0.15, 0.2) is 11.5 Å². The number of tetrazole rings is 1. The maximum atomic E-state index is 5.51. The Balaban J connectivity index is 2.32. The van der Waals surface area contributed by atoms with Gasteiger partial charge in [-0.1, -0.05) is 0 Å². The molecule has 0 fully saturated rings. The Morgan fingerprint density at radius 3 is 3.06 bits per heavy atom. The van der Waals surface area contributed by atoms with Crippen LogP contribution in [0.3, 0.4) is 0 Å². The molecule has 2 aromatic rings. The molecule has 0 bridgehead atoms. The third-order valence-corrected chi connectivity index (χ3v) is 2.43. The van der Waals surface area contributed by atoms with Crippen LogP contribution in [0.1, 0.15) is 13.3 Å². The molecule has 0 aromatic carbocycles. The predicted octanol–water partition coefficient (Wildman–Crippen LogP) is -0.306. The molecule has 86 valence electrons. The smallest absolute Gasteiger partial charge is 0.199 e. The number of nitrogens with zero attached hydrogens (tertiary/aromatic N) is 6. The summed E-state index contributed by atoms with van der Waals surface area (Å²) in [5.41, 5.74) is 6.17. The van der Waals surface area contributed by atoms with Crippen molar-refractivity contribution in [3.63, 3.8) is 0 Å². The van der Waals surface area contributed by atoms with Crippen molar-refractivity contribution in [2.75, 3.05) is 24.5 Å². The molecule has 7 heteroatoms. The molecule has 0 unspecified atom stereocenters. The number of hydrogen-bond acceptors (Lipinski definition) is 6. The number of nitrogens with two attached hydrogens (primary N) is 1. The van der Waals surface area contributed by atoms with Crippen molar-refractivity contribution in [3.05, 3.63) is 12.4 Å². The summed E-state index contributed by atoms with van der Waals surface area (Å²) in [4.78, 5) is 6.28. The third-order valence-electron chi connectivity index (χ3n) is 2.43. The molecule has 0 radical (unpaired) electrons. The number of fused-ring (bicyclic) bond motifs is 1. The van der Waals surface area contributed by atoms with Crippen molar-refractivity contribution in [1.82, 2.24) is 25.0 Å². The van der Waals surface area contributed by atoms with Crippen molar-refractivity contribution in [3.8, 4) is 0 Å². The molecule has 2 heterocycles. The van der Waals surface area contributed by atoms with E-state index < -0.39 is 0 Å². The lowest BCUT2D eigenvalue weighted by Crippen LogP contribution is -2.28. The van der Waals surface area contributed by atoms with Gasteiger partial charge in [0.25, 0.3) is 0 Å². The van der Waals surface area contributed by atoms with Crippen LogP contribution in [-0.2, 0) is 0 Å². The molecule has 2 rings (SSSR count). The molecule has 0 aliphatic carbocycles. The molecular weight excluding hydrogens is 206 g/mol. The van der Waals surface area contributed by atoms with Gasteiger partial charge in [-0.05, 0) is 30.3 Å². The van der Waals surface area contributed by atoms with Crippen LogP contribution < -0.4 is 10.6 Å².